The Hall–Kier alpha value is -0.280. The molecule has 0 fully saturated rings. The molecule has 0 aromatic carbocycles. The maximum atomic E-state index is 10.4. The molecular formula is C5H8ClO3. The molecule has 0 aromatic rings. The number of ether oxygens (including phenoxy) is 1. The Morgan fingerprint density at radius 3 is 2.56 bits per heavy atom. The molecule has 1 atom stereocenters. The summed E-state index contributed by atoms with van der Waals surface area (Å²) >= 11 is 5.03. The molecule has 9 heavy (non-hydrogen) atoms. The summed E-state index contributed by atoms with van der Waals surface area (Å²) in [6.45, 7) is 4.73. The maximum absolute atomic E-state index is 10.4. The van der Waals surface area contributed by atoms with Gasteiger partial charge in [-0.2, -0.15) is 0 Å². The van der Waals surface area contributed by atoms with Crippen LogP contribution in [0.15, 0.2) is 0 Å². The topological polar surface area (TPSA) is 46.5 Å². The van der Waals surface area contributed by atoms with Crippen LogP contribution in [0.5, 0.6) is 0 Å². The van der Waals surface area contributed by atoms with Crippen LogP contribution < -0.4 is 0 Å². The van der Waals surface area contributed by atoms with Crippen molar-refractivity contribution in [2.45, 2.75) is 12.0 Å². The van der Waals surface area contributed by atoms with E-state index in [1.807, 2.05) is 0 Å². The van der Waals surface area contributed by atoms with Gasteiger partial charge in [-0.15, -0.1) is 0 Å². The molecule has 1 N–H and O–H groups in total. The molecule has 53 valence electrons. The molecule has 0 aliphatic heterocycles. The summed E-state index contributed by atoms with van der Waals surface area (Å²) in [5.41, 5.74) is 0. The van der Waals surface area contributed by atoms with Gasteiger partial charge in [0, 0.05) is 6.92 Å². The highest BCUT2D eigenvalue weighted by atomic mass is 35.5. The molecule has 0 rings (SSSR count). The van der Waals surface area contributed by atoms with E-state index < -0.39 is 11.0 Å². The third-order valence-corrected chi connectivity index (χ3v) is 0.743. The average Bonchev–Trinajstić information content (AvgIpc) is 1.64. The first kappa shape index (κ1) is 8.72. The summed E-state index contributed by atoms with van der Waals surface area (Å²) in [6, 6.07) is 0. The van der Waals surface area contributed by atoms with Crippen LogP contribution in [0.1, 0.15) is 6.92 Å². The molecule has 0 aliphatic rings. The van der Waals surface area contributed by atoms with Crippen LogP contribution >= 0.6 is 11.6 Å². The van der Waals surface area contributed by atoms with Crippen LogP contribution in [0.2, 0.25) is 0 Å². The van der Waals surface area contributed by atoms with Crippen LogP contribution in [-0.4, -0.2) is 22.7 Å². The van der Waals surface area contributed by atoms with Crippen molar-refractivity contribution >= 4 is 17.6 Å². The summed E-state index contributed by atoms with van der Waals surface area (Å²) in [5.74, 6) is -0.924. The van der Waals surface area contributed by atoms with Gasteiger partial charge in [0.15, 0.2) is 0 Å². The van der Waals surface area contributed by atoms with E-state index in [0.29, 0.717) is 0 Å². The zero-order valence-electron chi connectivity index (χ0n) is 5.06. The third kappa shape index (κ3) is 3.32. The molecule has 0 amide bonds. The number of rotatable bonds is 2. The first-order valence-corrected chi connectivity index (χ1v) is 2.80. The maximum Gasteiger partial charge on any atom is 0.354 e. The van der Waals surface area contributed by atoms with Crippen LogP contribution in [0.25, 0.3) is 0 Å². The SMILES string of the molecule is [CH2]C(O)(Cl)C(=O)OCC. The predicted octanol–water partition coefficient (Wildman–Crippen LogP) is 0.311. The largest absolute Gasteiger partial charge is 0.463 e. The van der Waals surface area contributed by atoms with Crippen molar-refractivity contribution in [3.8, 4) is 0 Å². The Balaban J connectivity index is 3.74. The van der Waals surface area contributed by atoms with E-state index in [2.05, 4.69) is 11.7 Å². The van der Waals surface area contributed by atoms with Crippen molar-refractivity contribution in [1.82, 2.24) is 0 Å². The van der Waals surface area contributed by atoms with E-state index in [1.54, 1.807) is 6.92 Å². The number of carbonyl (C=O) groups is 1. The fourth-order valence-electron chi connectivity index (χ4n) is 0.242. The van der Waals surface area contributed by atoms with Crippen LogP contribution in [-0.2, 0) is 9.53 Å². The molecule has 0 aliphatic carbocycles. The molecule has 0 heterocycles. The number of carbonyl (C=O) groups excluding carboxylic acids is 1. The zero-order chi connectivity index (χ0) is 7.49. The molecule has 1 unspecified atom stereocenters. The Morgan fingerprint density at radius 2 is 2.44 bits per heavy atom. The number of hydrogen-bond acceptors (Lipinski definition) is 3. The van der Waals surface area contributed by atoms with Gasteiger partial charge >= 0.3 is 5.97 Å². The van der Waals surface area contributed by atoms with Crippen molar-refractivity contribution in [3.05, 3.63) is 6.92 Å². The number of halogens is 1. The van der Waals surface area contributed by atoms with Crippen molar-refractivity contribution in [2.75, 3.05) is 6.61 Å². The van der Waals surface area contributed by atoms with E-state index in [9.17, 15) is 4.79 Å². The van der Waals surface area contributed by atoms with Crippen molar-refractivity contribution in [3.63, 3.8) is 0 Å². The monoisotopic (exact) mass is 151 g/mol. The van der Waals surface area contributed by atoms with E-state index in [-0.39, 0.29) is 6.61 Å². The highest BCUT2D eigenvalue weighted by Gasteiger charge is 2.28. The van der Waals surface area contributed by atoms with Gasteiger partial charge < -0.3 is 9.84 Å². The van der Waals surface area contributed by atoms with Crippen LogP contribution in [0.4, 0.5) is 0 Å². The van der Waals surface area contributed by atoms with Gasteiger partial charge in [0.25, 0.3) is 0 Å². The molecule has 3 nitrogen and oxygen atoms in total. The van der Waals surface area contributed by atoms with E-state index >= 15 is 0 Å². The van der Waals surface area contributed by atoms with Gasteiger partial charge in [-0.05, 0) is 6.92 Å². The first-order chi connectivity index (χ1) is 3.98. The number of hydrogen-bond donors (Lipinski definition) is 1. The molecule has 0 saturated heterocycles. The summed E-state index contributed by atoms with van der Waals surface area (Å²) in [6.07, 6.45) is 0. The number of aliphatic hydroxyl groups is 1. The summed E-state index contributed by atoms with van der Waals surface area (Å²) < 4.78 is 4.32. The smallest absolute Gasteiger partial charge is 0.354 e. The fraction of sp³-hybridized carbons (Fsp3) is 0.600. The fourth-order valence-corrected chi connectivity index (χ4v) is 0.296. The minimum atomic E-state index is -2.13. The lowest BCUT2D eigenvalue weighted by Gasteiger charge is -2.10. The van der Waals surface area contributed by atoms with Crippen molar-refractivity contribution < 1.29 is 14.6 Å². The molecule has 0 saturated carbocycles. The highest BCUT2D eigenvalue weighted by molar-refractivity contribution is 6.33. The van der Waals surface area contributed by atoms with Gasteiger partial charge in [0.05, 0.1) is 6.61 Å². The molecule has 0 bridgehead atoms. The molecule has 0 spiro atoms. The van der Waals surface area contributed by atoms with Gasteiger partial charge in [-0.3, -0.25) is 0 Å². The lowest BCUT2D eigenvalue weighted by atomic mass is 10.4. The summed E-state index contributed by atoms with van der Waals surface area (Å²) in [4.78, 5) is 10.4. The van der Waals surface area contributed by atoms with Crippen molar-refractivity contribution in [2.24, 2.45) is 0 Å². The lowest BCUT2D eigenvalue weighted by Crippen LogP contribution is -2.30. The van der Waals surface area contributed by atoms with Gasteiger partial charge in [0.2, 0.25) is 5.06 Å². The summed E-state index contributed by atoms with van der Waals surface area (Å²) in [5, 5.41) is 6.47. The predicted molar refractivity (Wildman–Crippen MR) is 32.8 cm³/mol. The minimum Gasteiger partial charge on any atom is -0.463 e. The van der Waals surface area contributed by atoms with Crippen LogP contribution in [0, 0.1) is 6.92 Å². The molecular weight excluding hydrogens is 144 g/mol. The Kier molecular flexibility index (Phi) is 2.94. The van der Waals surface area contributed by atoms with Gasteiger partial charge in [0.1, 0.15) is 0 Å². The number of esters is 1. The normalized spacial score (nSPS) is 16.4. The van der Waals surface area contributed by atoms with E-state index in [4.69, 9.17) is 16.7 Å². The van der Waals surface area contributed by atoms with E-state index in [0.717, 1.165) is 0 Å². The average molecular weight is 152 g/mol. The van der Waals surface area contributed by atoms with Gasteiger partial charge in [-0.1, -0.05) is 11.6 Å². The highest BCUT2D eigenvalue weighted by Crippen LogP contribution is 2.09. The quantitative estimate of drug-likeness (QED) is 0.457. The molecule has 0 aromatic heterocycles. The van der Waals surface area contributed by atoms with Gasteiger partial charge in [-0.25, -0.2) is 4.79 Å². The second-order valence-electron chi connectivity index (χ2n) is 1.48. The van der Waals surface area contributed by atoms with Crippen LogP contribution in [0.3, 0.4) is 0 Å². The Labute approximate surface area is 58.6 Å². The third-order valence-electron chi connectivity index (χ3n) is 0.588. The lowest BCUT2D eigenvalue weighted by molar-refractivity contribution is -0.153. The second kappa shape index (κ2) is 3.03. The Bertz CT molecular complexity index is 105. The van der Waals surface area contributed by atoms with Crippen molar-refractivity contribution in [1.29, 1.82) is 0 Å². The van der Waals surface area contributed by atoms with E-state index in [1.165, 1.54) is 0 Å². The zero-order valence-corrected chi connectivity index (χ0v) is 5.81. The molecule has 4 heteroatoms. The standard InChI is InChI=1S/C5H8ClO3/c1-3-9-4(7)5(2,6)8/h8H,2-3H2,1H3. The minimum absolute atomic E-state index is 0.184. The number of alkyl halides is 1. The Morgan fingerprint density at radius 1 is 2.00 bits per heavy atom. The summed E-state index contributed by atoms with van der Waals surface area (Å²) in [7, 11) is 0. The second-order valence-corrected chi connectivity index (χ2v) is 2.11. The first-order valence-electron chi connectivity index (χ1n) is 2.42. The molecule has 1 radical (unpaired) electrons.